The van der Waals surface area contributed by atoms with Crippen molar-refractivity contribution >= 4 is 23.2 Å². The van der Waals surface area contributed by atoms with Gasteiger partial charge in [0.2, 0.25) is 0 Å². The van der Waals surface area contributed by atoms with Crippen LogP contribution in [0.25, 0.3) is 0 Å². The van der Waals surface area contributed by atoms with Crippen LogP contribution in [0.4, 0.5) is 0 Å². The fourth-order valence-electron chi connectivity index (χ4n) is 4.27. The van der Waals surface area contributed by atoms with Crippen molar-refractivity contribution in [3.05, 3.63) is 82.6 Å². The average molecular weight is 435 g/mol. The molecule has 0 N–H and O–H groups in total. The van der Waals surface area contributed by atoms with Crippen LogP contribution in [-0.2, 0) is 6.42 Å². The zero-order valence-corrected chi connectivity index (χ0v) is 18.4. The van der Waals surface area contributed by atoms with Crippen LogP contribution in [0.2, 0.25) is 0 Å². The number of amides is 2. The number of aromatic nitrogens is 2. The first kappa shape index (κ1) is 21.2. The third-order valence-corrected chi connectivity index (χ3v) is 6.71. The molecule has 6 nitrogen and oxygen atoms in total. The summed E-state index contributed by atoms with van der Waals surface area (Å²) in [6.45, 7) is 1.32. The Labute approximate surface area is 186 Å². The number of piperidine rings is 1. The standard InChI is InChI=1S/C24H26N4O2S/c1-27(23(29)20-9-14-31-17-20)22(15-18-5-3-2-4-6-18)19-7-12-28(13-8-19)24(30)21-16-25-10-11-26-21/h2-6,9-11,14,16-17,19,22H,7-8,12-13,15H2,1H3/t22-/m1/s1. The van der Waals surface area contributed by atoms with Gasteiger partial charge in [0.05, 0.1) is 11.8 Å². The van der Waals surface area contributed by atoms with E-state index in [2.05, 4.69) is 22.1 Å². The maximum absolute atomic E-state index is 13.1. The highest BCUT2D eigenvalue weighted by molar-refractivity contribution is 7.08. The molecule has 1 aliphatic heterocycles. The van der Waals surface area contributed by atoms with Crippen LogP contribution in [-0.4, -0.2) is 57.8 Å². The third kappa shape index (κ3) is 4.99. The van der Waals surface area contributed by atoms with Gasteiger partial charge in [-0.1, -0.05) is 30.3 Å². The van der Waals surface area contributed by atoms with E-state index in [-0.39, 0.29) is 17.9 Å². The highest BCUT2D eigenvalue weighted by atomic mass is 32.1. The molecule has 1 atom stereocenters. The van der Waals surface area contributed by atoms with E-state index in [9.17, 15) is 9.59 Å². The van der Waals surface area contributed by atoms with E-state index >= 15 is 0 Å². The van der Waals surface area contributed by atoms with Crippen molar-refractivity contribution in [2.45, 2.75) is 25.3 Å². The summed E-state index contributed by atoms with van der Waals surface area (Å²) in [4.78, 5) is 37.7. The Hall–Kier alpha value is -3.06. The molecule has 1 saturated heterocycles. The van der Waals surface area contributed by atoms with Gasteiger partial charge in [-0.15, -0.1) is 0 Å². The van der Waals surface area contributed by atoms with Crippen molar-refractivity contribution in [1.29, 1.82) is 0 Å². The largest absolute Gasteiger partial charge is 0.338 e. The average Bonchev–Trinajstić information content (AvgIpc) is 3.38. The molecule has 7 heteroatoms. The molecule has 0 saturated carbocycles. The number of hydrogen-bond donors (Lipinski definition) is 0. The minimum Gasteiger partial charge on any atom is -0.338 e. The van der Waals surface area contributed by atoms with Crippen molar-refractivity contribution in [1.82, 2.24) is 19.8 Å². The predicted octanol–water partition coefficient (Wildman–Crippen LogP) is 3.77. The van der Waals surface area contributed by atoms with Crippen molar-refractivity contribution in [3.8, 4) is 0 Å². The van der Waals surface area contributed by atoms with E-state index in [4.69, 9.17) is 0 Å². The molecule has 0 radical (unpaired) electrons. The van der Waals surface area contributed by atoms with Gasteiger partial charge in [-0.05, 0) is 42.2 Å². The SMILES string of the molecule is CN(C(=O)c1ccsc1)[C@H](Cc1ccccc1)C1CCN(C(=O)c2cnccn2)CC1. The van der Waals surface area contributed by atoms with Gasteiger partial charge in [-0.3, -0.25) is 14.6 Å². The second-order valence-corrected chi connectivity index (χ2v) is 8.69. The summed E-state index contributed by atoms with van der Waals surface area (Å²) in [5.41, 5.74) is 2.34. The number of nitrogens with zero attached hydrogens (tertiary/aromatic N) is 4. The van der Waals surface area contributed by atoms with Crippen LogP contribution in [0.5, 0.6) is 0 Å². The number of carbonyl (C=O) groups is 2. The number of carbonyl (C=O) groups excluding carboxylic acids is 2. The van der Waals surface area contributed by atoms with Gasteiger partial charge < -0.3 is 9.80 Å². The zero-order valence-electron chi connectivity index (χ0n) is 17.6. The van der Waals surface area contributed by atoms with Crippen molar-refractivity contribution in [3.63, 3.8) is 0 Å². The first-order valence-electron chi connectivity index (χ1n) is 10.5. The molecule has 2 amide bonds. The summed E-state index contributed by atoms with van der Waals surface area (Å²) in [5, 5.41) is 3.84. The minimum absolute atomic E-state index is 0.0558. The molecular formula is C24H26N4O2S. The lowest BCUT2D eigenvalue weighted by Gasteiger charge is -2.40. The quantitative estimate of drug-likeness (QED) is 0.592. The van der Waals surface area contributed by atoms with Crippen molar-refractivity contribution < 1.29 is 9.59 Å². The summed E-state index contributed by atoms with van der Waals surface area (Å²) in [5.74, 6) is 0.299. The van der Waals surface area contributed by atoms with Gasteiger partial charge in [0.15, 0.2) is 0 Å². The monoisotopic (exact) mass is 434 g/mol. The topological polar surface area (TPSA) is 66.4 Å². The lowest BCUT2D eigenvalue weighted by Crippen LogP contribution is -2.48. The molecule has 0 aliphatic carbocycles. The summed E-state index contributed by atoms with van der Waals surface area (Å²) in [6, 6.07) is 12.3. The molecule has 0 spiro atoms. The maximum Gasteiger partial charge on any atom is 0.274 e. The van der Waals surface area contributed by atoms with Crippen LogP contribution >= 0.6 is 11.3 Å². The first-order chi connectivity index (χ1) is 15.1. The predicted molar refractivity (Wildman–Crippen MR) is 121 cm³/mol. The van der Waals surface area contributed by atoms with Gasteiger partial charge >= 0.3 is 0 Å². The van der Waals surface area contributed by atoms with E-state index in [0.717, 1.165) is 24.8 Å². The number of thiophene rings is 1. The molecule has 3 aromatic rings. The summed E-state index contributed by atoms with van der Waals surface area (Å²) in [7, 11) is 1.91. The number of likely N-dealkylation sites (tertiary alicyclic amines) is 1. The molecule has 2 aromatic heterocycles. The minimum atomic E-state index is -0.0751. The van der Waals surface area contributed by atoms with Gasteiger partial charge in [-0.2, -0.15) is 11.3 Å². The first-order valence-corrected chi connectivity index (χ1v) is 11.5. The Morgan fingerprint density at radius 3 is 2.58 bits per heavy atom. The van der Waals surface area contributed by atoms with Gasteiger partial charge in [-0.25, -0.2) is 4.98 Å². The molecule has 3 heterocycles. The Balaban J connectivity index is 1.48. The molecule has 1 aromatic carbocycles. The van der Waals surface area contributed by atoms with Gasteiger partial charge in [0.1, 0.15) is 5.69 Å². The summed E-state index contributed by atoms with van der Waals surface area (Å²) < 4.78 is 0. The van der Waals surface area contributed by atoms with Crippen molar-refractivity contribution in [2.24, 2.45) is 5.92 Å². The number of likely N-dealkylation sites (N-methyl/N-ethyl adjacent to an activating group) is 1. The summed E-state index contributed by atoms with van der Waals surface area (Å²) in [6.07, 6.45) is 7.13. The maximum atomic E-state index is 13.1. The fourth-order valence-corrected chi connectivity index (χ4v) is 4.90. The van der Waals surface area contributed by atoms with Crippen LogP contribution in [0.1, 0.15) is 39.3 Å². The molecule has 0 bridgehead atoms. The van der Waals surface area contributed by atoms with Crippen LogP contribution < -0.4 is 0 Å². The van der Waals surface area contributed by atoms with Crippen LogP contribution in [0, 0.1) is 5.92 Å². The second kappa shape index (κ2) is 9.83. The molecule has 1 aliphatic rings. The normalized spacial score (nSPS) is 15.5. The lowest BCUT2D eigenvalue weighted by molar-refractivity contribution is 0.0520. The third-order valence-electron chi connectivity index (χ3n) is 6.03. The van der Waals surface area contributed by atoms with Crippen LogP contribution in [0.15, 0.2) is 65.7 Å². The summed E-state index contributed by atoms with van der Waals surface area (Å²) >= 11 is 1.54. The Morgan fingerprint density at radius 1 is 1.16 bits per heavy atom. The molecule has 0 unspecified atom stereocenters. The number of hydrogen-bond acceptors (Lipinski definition) is 5. The van der Waals surface area contributed by atoms with E-state index in [1.807, 2.05) is 51.9 Å². The van der Waals surface area contributed by atoms with E-state index < -0.39 is 0 Å². The van der Waals surface area contributed by atoms with E-state index in [1.54, 1.807) is 12.4 Å². The highest BCUT2D eigenvalue weighted by Gasteiger charge is 2.33. The van der Waals surface area contributed by atoms with Crippen LogP contribution in [0.3, 0.4) is 0 Å². The lowest BCUT2D eigenvalue weighted by atomic mass is 9.84. The Kier molecular flexibility index (Phi) is 6.72. The zero-order chi connectivity index (χ0) is 21.6. The number of rotatable bonds is 6. The number of benzene rings is 1. The molecule has 1 fully saturated rings. The van der Waals surface area contributed by atoms with Gasteiger partial charge in [0.25, 0.3) is 11.8 Å². The van der Waals surface area contributed by atoms with Crippen molar-refractivity contribution in [2.75, 3.05) is 20.1 Å². The molecule has 31 heavy (non-hydrogen) atoms. The Morgan fingerprint density at radius 2 is 1.94 bits per heavy atom. The molecule has 4 rings (SSSR count). The highest BCUT2D eigenvalue weighted by Crippen LogP contribution is 2.28. The van der Waals surface area contributed by atoms with Gasteiger partial charge in [0, 0.05) is 44.0 Å². The molecular weight excluding hydrogens is 408 g/mol. The molecule has 160 valence electrons. The fraction of sp³-hybridized carbons (Fsp3) is 0.333. The van der Waals surface area contributed by atoms with E-state index in [1.165, 1.54) is 23.1 Å². The Bertz CT molecular complexity index is 987. The van der Waals surface area contributed by atoms with E-state index in [0.29, 0.717) is 24.7 Å². The smallest absolute Gasteiger partial charge is 0.274 e. The second-order valence-electron chi connectivity index (χ2n) is 7.91.